The van der Waals surface area contributed by atoms with Gasteiger partial charge < -0.3 is 20.1 Å². The molecule has 0 radical (unpaired) electrons. The third-order valence-electron chi connectivity index (χ3n) is 2.57. The first-order valence-corrected chi connectivity index (χ1v) is 5.94. The van der Waals surface area contributed by atoms with Crippen LogP contribution in [0.2, 0.25) is 0 Å². The van der Waals surface area contributed by atoms with Gasteiger partial charge in [0.25, 0.3) is 0 Å². The van der Waals surface area contributed by atoms with Crippen LogP contribution in [0.4, 0.5) is 0 Å². The van der Waals surface area contributed by atoms with Gasteiger partial charge in [-0.15, -0.1) is 11.6 Å². The number of hydrogen-bond acceptors (Lipinski definition) is 7. The third kappa shape index (κ3) is 2.91. The van der Waals surface area contributed by atoms with Gasteiger partial charge in [0.2, 0.25) is 11.7 Å². The molecule has 0 saturated heterocycles. The molecule has 0 spiro atoms. The van der Waals surface area contributed by atoms with Crippen molar-refractivity contribution in [2.24, 2.45) is 9.98 Å². The molecule has 1 unspecified atom stereocenters. The molecule has 18 heavy (non-hydrogen) atoms. The Kier molecular flexibility index (Phi) is 4.53. The van der Waals surface area contributed by atoms with E-state index in [1.165, 1.54) is 0 Å². The molecule has 1 aliphatic rings. The van der Waals surface area contributed by atoms with E-state index in [9.17, 15) is 9.90 Å². The zero-order chi connectivity index (χ0) is 13.9. The zero-order valence-corrected chi connectivity index (χ0v) is 11.7. The van der Waals surface area contributed by atoms with Gasteiger partial charge in [-0.05, 0) is 14.1 Å². The number of nitrogens with one attached hydrogen (secondary N) is 1. The topological polar surface area (TPSA) is 83.4 Å². The van der Waals surface area contributed by atoms with Crippen LogP contribution in [0, 0.1) is 0 Å². The Bertz CT molecular complexity index is 394. The lowest BCUT2D eigenvalue weighted by Gasteiger charge is -2.37. The summed E-state index contributed by atoms with van der Waals surface area (Å²) in [4.78, 5) is 22.9. The lowest BCUT2D eigenvalue weighted by molar-refractivity contribution is -0.294. The van der Waals surface area contributed by atoms with Gasteiger partial charge in [-0.25, -0.2) is 9.98 Å². The van der Waals surface area contributed by atoms with Crippen LogP contribution in [-0.2, 0) is 4.79 Å². The highest BCUT2D eigenvalue weighted by atomic mass is 35.5. The third-order valence-corrected chi connectivity index (χ3v) is 2.76. The number of carboxylic acid groups (broad SMARTS) is 1. The molecule has 0 amide bonds. The second-order valence-electron chi connectivity index (χ2n) is 4.31. The molecule has 0 aromatic rings. The Hall–Kier alpha value is -1.34. The van der Waals surface area contributed by atoms with Crippen LogP contribution in [0.15, 0.2) is 9.98 Å². The largest absolute Gasteiger partial charge is 0.542 e. The number of halogens is 1. The Morgan fingerprint density at radius 3 is 2.39 bits per heavy atom. The van der Waals surface area contributed by atoms with Crippen molar-refractivity contribution in [2.45, 2.75) is 12.2 Å². The molecular weight excluding hydrogens is 258 g/mol. The monoisotopic (exact) mass is 274 g/mol. The lowest BCUT2D eigenvalue weighted by Crippen LogP contribution is -2.57. The summed E-state index contributed by atoms with van der Waals surface area (Å²) in [5, 5.41) is 13.6. The van der Waals surface area contributed by atoms with Gasteiger partial charge in [0, 0.05) is 26.4 Å². The van der Waals surface area contributed by atoms with E-state index < -0.39 is 11.8 Å². The zero-order valence-electron chi connectivity index (χ0n) is 10.9. The van der Waals surface area contributed by atoms with Crippen molar-refractivity contribution < 1.29 is 9.90 Å². The minimum atomic E-state index is -1.37. The highest BCUT2D eigenvalue weighted by Gasteiger charge is 2.36. The van der Waals surface area contributed by atoms with Crippen molar-refractivity contribution in [3.8, 4) is 0 Å². The highest BCUT2D eigenvalue weighted by molar-refractivity contribution is 6.37. The summed E-state index contributed by atoms with van der Waals surface area (Å²) in [6.07, 6.45) is 0.400. The predicted molar refractivity (Wildman–Crippen MR) is 68.5 cm³/mol. The van der Waals surface area contributed by atoms with Gasteiger partial charge in [-0.2, -0.15) is 0 Å². The van der Waals surface area contributed by atoms with Crippen LogP contribution < -0.4 is 10.4 Å². The summed E-state index contributed by atoms with van der Waals surface area (Å²) in [6, 6.07) is 0. The predicted octanol–water partition coefficient (Wildman–Crippen LogP) is -1.50. The summed E-state index contributed by atoms with van der Waals surface area (Å²) in [5.41, 5.74) is 0. The Labute approximate surface area is 111 Å². The van der Waals surface area contributed by atoms with Crippen molar-refractivity contribution in [1.29, 1.82) is 0 Å². The number of carboxylic acids is 1. The van der Waals surface area contributed by atoms with Crippen molar-refractivity contribution in [2.75, 3.05) is 34.1 Å². The van der Waals surface area contributed by atoms with Crippen molar-refractivity contribution in [3.63, 3.8) is 0 Å². The van der Waals surface area contributed by atoms with E-state index in [4.69, 9.17) is 11.6 Å². The number of alkyl halides is 1. The molecule has 1 rings (SSSR count). The first kappa shape index (κ1) is 14.7. The van der Waals surface area contributed by atoms with Crippen LogP contribution >= 0.6 is 11.6 Å². The fourth-order valence-corrected chi connectivity index (χ4v) is 1.76. The molecule has 0 aromatic carbocycles. The number of guanidine groups is 1. The number of carbonyl (C=O) groups is 1. The smallest absolute Gasteiger partial charge is 0.213 e. The number of hydrogen-bond donors (Lipinski definition) is 1. The Morgan fingerprint density at radius 2 is 2.00 bits per heavy atom. The second-order valence-corrected chi connectivity index (χ2v) is 4.69. The maximum atomic E-state index is 11.0. The van der Waals surface area contributed by atoms with Gasteiger partial charge in [0.1, 0.15) is 5.97 Å². The normalized spacial score (nSPS) is 23.2. The van der Waals surface area contributed by atoms with Gasteiger partial charge in [-0.3, -0.25) is 4.90 Å². The maximum Gasteiger partial charge on any atom is 0.213 e. The van der Waals surface area contributed by atoms with E-state index in [1.54, 1.807) is 38.0 Å². The molecule has 1 atom stereocenters. The number of aliphatic imine (C=N–C) groups is 2. The Balaban J connectivity index is 3.25. The standard InChI is InChI=1S/C10H18ClN5O2/c1-15(2)9-12-7(8(17)18)13-10(14-9,5-6-11)16(3)4/h5-6H2,1-4H3,(H,17,18)(H,12,13,14)/p-1. The molecule has 8 heteroatoms. The van der Waals surface area contributed by atoms with Crippen molar-refractivity contribution in [1.82, 2.24) is 15.1 Å². The van der Waals surface area contributed by atoms with Gasteiger partial charge >= 0.3 is 0 Å². The van der Waals surface area contributed by atoms with Crippen molar-refractivity contribution >= 4 is 29.4 Å². The molecule has 0 aromatic heterocycles. The molecule has 0 fully saturated rings. The number of amidine groups is 1. The van der Waals surface area contributed by atoms with Crippen molar-refractivity contribution in [3.05, 3.63) is 0 Å². The van der Waals surface area contributed by atoms with Gasteiger partial charge in [-0.1, -0.05) is 0 Å². The SMILES string of the molecule is CN(C)C1=NC(CCCl)(N(C)C)N=C(C(=O)[O-])N1. The van der Waals surface area contributed by atoms with E-state index in [0.717, 1.165) is 0 Å². The first-order valence-electron chi connectivity index (χ1n) is 5.41. The fourth-order valence-electron chi connectivity index (χ4n) is 1.51. The van der Waals surface area contributed by atoms with Crippen LogP contribution in [0.5, 0.6) is 0 Å². The van der Waals surface area contributed by atoms with E-state index in [1.807, 2.05) is 0 Å². The minimum Gasteiger partial charge on any atom is -0.542 e. The average Bonchev–Trinajstić information content (AvgIpc) is 2.28. The molecule has 0 saturated carbocycles. The first-order chi connectivity index (χ1) is 8.32. The van der Waals surface area contributed by atoms with Gasteiger partial charge in [0.05, 0.1) is 0 Å². The summed E-state index contributed by atoms with van der Waals surface area (Å²) in [6.45, 7) is 0. The molecule has 0 aliphatic carbocycles. The summed E-state index contributed by atoms with van der Waals surface area (Å²) in [7, 11) is 7.05. The van der Waals surface area contributed by atoms with Crippen LogP contribution in [-0.4, -0.2) is 67.4 Å². The second kappa shape index (κ2) is 5.53. The molecule has 0 bridgehead atoms. The van der Waals surface area contributed by atoms with Gasteiger partial charge in [0.15, 0.2) is 5.84 Å². The molecule has 1 aliphatic heterocycles. The quantitative estimate of drug-likeness (QED) is 0.631. The number of aliphatic carboxylic acids is 1. The fraction of sp³-hybridized carbons (Fsp3) is 0.700. The average molecular weight is 275 g/mol. The number of rotatable bonds is 4. The summed E-state index contributed by atoms with van der Waals surface area (Å²) in [5.74, 6) is -1.91. The molecule has 7 nitrogen and oxygen atoms in total. The summed E-state index contributed by atoms with van der Waals surface area (Å²) < 4.78 is 0. The van der Waals surface area contributed by atoms with Crippen LogP contribution in [0.3, 0.4) is 0 Å². The maximum absolute atomic E-state index is 11.0. The molecule has 1 N–H and O–H groups in total. The molecular formula is C10H17ClN5O2-. The number of nitrogens with zero attached hydrogens (tertiary/aromatic N) is 4. The van der Waals surface area contributed by atoms with E-state index >= 15 is 0 Å². The van der Waals surface area contributed by atoms with E-state index in [0.29, 0.717) is 18.3 Å². The minimum absolute atomic E-state index is 0.243. The molecule has 1 heterocycles. The number of carbonyl (C=O) groups excluding carboxylic acids is 1. The Morgan fingerprint density at radius 1 is 1.39 bits per heavy atom. The van der Waals surface area contributed by atoms with E-state index in [-0.39, 0.29) is 5.84 Å². The highest BCUT2D eigenvalue weighted by Crippen LogP contribution is 2.24. The molecule has 102 valence electrons. The van der Waals surface area contributed by atoms with Crippen LogP contribution in [0.1, 0.15) is 6.42 Å². The lowest BCUT2D eigenvalue weighted by atomic mass is 10.2. The summed E-state index contributed by atoms with van der Waals surface area (Å²) >= 11 is 5.76. The van der Waals surface area contributed by atoms with Crippen LogP contribution in [0.25, 0.3) is 0 Å². The van der Waals surface area contributed by atoms with E-state index in [2.05, 4.69) is 15.3 Å².